The molecule has 2 rings (SSSR count). The van der Waals surface area contributed by atoms with Crippen LogP contribution in [0.5, 0.6) is 0 Å². The Morgan fingerprint density at radius 2 is 1.94 bits per heavy atom. The van der Waals surface area contributed by atoms with Crippen LogP contribution in [0, 0.1) is 0 Å². The normalized spacial score (nSPS) is 11.1. The summed E-state index contributed by atoms with van der Waals surface area (Å²) in [5.74, 6) is 0.577. The van der Waals surface area contributed by atoms with E-state index in [1.165, 1.54) is 16.0 Å². The Kier molecular flexibility index (Phi) is 3.92. The van der Waals surface area contributed by atoms with Crippen LogP contribution in [-0.2, 0) is 6.42 Å². The predicted molar refractivity (Wildman–Crippen MR) is 74.4 cm³/mol. The van der Waals surface area contributed by atoms with Gasteiger partial charge in [-0.05, 0) is 24.4 Å². The number of hydrogen-bond donors (Lipinski definition) is 1. The van der Waals surface area contributed by atoms with E-state index in [4.69, 9.17) is 5.73 Å². The minimum Gasteiger partial charge on any atom is -0.330 e. The molecule has 2 N–H and O–H groups in total. The molecule has 0 unspecified atom stereocenters. The average Bonchev–Trinajstić information content (AvgIpc) is 2.78. The molecule has 0 radical (unpaired) electrons. The van der Waals surface area contributed by atoms with Gasteiger partial charge < -0.3 is 5.73 Å². The Morgan fingerprint density at radius 3 is 2.53 bits per heavy atom. The number of aromatic nitrogens is 1. The third-order valence-electron chi connectivity index (χ3n) is 2.77. The highest BCUT2D eigenvalue weighted by Crippen LogP contribution is 2.26. The van der Waals surface area contributed by atoms with Crippen LogP contribution in [-0.4, -0.2) is 11.5 Å². The van der Waals surface area contributed by atoms with E-state index in [0.29, 0.717) is 12.5 Å². The lowest BCUT2D eigenvalue weighted by molar-refractivity contribution is 0.867. The Balaban J connectivity index is 2.21. The van der Waals surface area contributed by atoms with Gasteiger partial charge in [-0.15, -0.1) is 11.3 Å². The first kappa shape index (κ1) is 12.3. The first-order chi connectivity index (χ1) is 8.20. The molecular formula is C14H18N2S. The van der Waals surface area contributed by atoms with Gasteiger partial charge in [-0.2, -0.15) is 0 Å². The van der Waals surface area contributed by atoms with Crippen molar-refractivity contribution in [3.8, 4) is 10.6 Å². The predicted octanol–water partition coefficient (Wildman–Crippen LogP) is 3.43. The Hall–Kier alpha value is -1.19. The van der Waals surface area contributed by atoms with Crippen molar-refractivity contribution < 1.29 is 0 Å². The van der Waals surface area contributed by atoms with Crippen molar-refractivity contribution >= 4 is 11.3 Å². The van der Waals surface area contributed by atoms with Crippen molar-refractivity contribution in [3.05, 3.63) is 40.9 Å². The maximum absolute atomic E-state index is 5.54. The van der Waals surface area contributed by atoms with Crippen molar-refractivity contribution in [1.29, 1.82) is 0 Å². The fourth-order valence-corrected chi connectivity index (χ4v) is 2.64. The first-order valence-electron chi connectivity index (χ1n) is 5.96. The summed E-state index contributed by atoms with van der Waals surface area (Å²) in [5.41, 5.74) is 8.11. The highest BCUT2D eigenvalue weighted by molar-refractivity contribution is 7.15. The van der Waals surface area contributed by atoms with E-state index in [-0.39, 0.29) is 0 Å². The molecule has 2 aromatic rings. The molecule has 0 aliphatic rings. The van der Waals surface area contributed by atoms with Gasteiger partial charge in [-0.3, -0.25) is 0 Å². The van der Waals surface area contributed by atoms with Gasteiger partial charge in [0.1, 0.15) is 5.01 Å². The van der Waals surface area contributed by atoms with Crippen molar-refractivity contribution in [3.63, 3.8) is 0 Å². The van der Waals surface area contributed by atoms with Gasteiger partial charge in [0.2, 0.25) is 0 Å². The van der Waals surface area contributed by atoms with Crippen molar-refractivity contribution in [1.82, 2.24) is 4.98 Å². The first-order valence-corrected chi connectivity index (χ1v) is 6.77. The fraction of sp³-hybridized carbons (Fsp3) is 0.357. The maximum Gasteiger partial charge on any atom is 0.123 e. The van der Waals surface area contributed by atoms with Crippen LogP contribution in [0.4, 0.5) is 0 Å². The van der Waals surface area contributed by atoms with E-state index >= 15 is 0 Å². The summed E-state index contributed by atoms with van der Waals surface area (Å²) in [6, 6.07) is 8.68. The molecule has 17 heavy (non-hydrogen) atoms. The second-order valence-electron chi connectivity index (χ2n) is 4.45. The molecule has 0 bridgehead atoms. The van der Waals surface area contributed by atoms with Gasteiger partial charge in [-0.1, -0.05) is 38.1 Å². The zero-order valence-electron chi connectivity index (χ0n) is 10.3. The monoisotopic (exact) mass is 246 g/mol. The summed E-state index contributed by atoms with van der Waals surface area (Å²) in [4.78, 5) is 5.70. The zero-order valence-corrected chi connectivity index (χ0v) is 11.1. The molecule has 0 saturated carbocycles. The van der Waals surface area contributed by atoms with Gasteiger partial charge in [-0.25, -0.2) is 4.98 Å². The number of hydrogen-bond acceptors (Lipinski definition) is 3. The fourth-order valence-electron chi connectivity index (χ4n) is 1.71. The third kappa shape index (κ3) is 2.93. The lowest BCUT2D eigenvalue weighted by Gasteiger charge is -2.05. The van der Waals surface area contributed by atoms with Crippen molar-refractivity contribution in [2.45, 2.75) is 26.2 Å². The lowest BCUT2D eigenvalue weighted by atomic mass is 10.0. The molecule has 0 aliphatic carbocycles. The zero-order chi connectivity index (χ0) is 12.3. The summed E-state index contributed by atoms with van der Waals surface area (Å²) >= 11 is 1.73. The molecule has 2 nitrogen and oxygen atoms in total. The molecule has 0 atom stereocenters. The molecule has 0 aliphatic heterocycles. The van der Waals surface area contributed by atoms with E-state index in [0.717, 1.165) is 11.4 Å². The minimum atomic E-state index is 0.577. The number of nitrogens with zero attached hydrogens (tertiary/aromatic N) is 1. The molecular weight excluding hydrogens is 228 g/mol. The van der Waals surface area contributed by atoms with Crippen LogP contribution < -0.4 is 5.73 Å². The summed E-state index contributed by atoms with van der Waals surface area (Å²) < 4.78 is 0. The van der Waals surface area contributed by atoms with E-state index < -0.39 is 0 Å². The van der Waals surface area contributed by atoms with Crippen LogP contribution in [0.15, 0.2) is 30.5 Å². The summed E-state index contributed by atoms with van der Waals surface area (Å²) in [6.07, 6.45) is 2.85. The molecule has 0 spiro atoms. The van der Waals surface area contributed by atoms with Crippen molar-refractivity contribution in [2.24, 2.45) is 5.73 Å². The maximum atomic E-state index is 5.54. The van der Waals surface area contributed by atoms with Crippen LogP contribution in [0.2, 0.25) is 0 Å². The van der Waals surface area contributed by atoms with Crippen LogP contribution in [0.25, 0.3) is 10.6 Å². The second kappa shape index (κ2) is 5.43. The average molecular weight is 246 g/mol. The van der Waals surface area contributed by atoms with Gasteiger partial charge in [0, 0.05) is 16.6 Å². The third-order valence-corrected chi connectivity index (χ3v) is 3.87. The van der Waals surface area contributed by atoms with Gasteiger partial charge in [0.15, 0.2) is 0 Å². The van der Waals surface area contributed by atoms with E-state index in [1.807, 2.05) is 6.20 Å². The highest BCUT2D eigenvalue weighted by atomic mass is 32.1. The second-order valence-corrected chi connectivity index (χ2v) is 5.56. The standard InChI is InChI=1S/C14H18N2S/c1-10(2)11-3-5-12(6-4-11)14-16-9-13(17-14)7-8-15/h3-6,9-10H,7-8,15H2,1-2H3. The van der Waals surface area contributed by atoms with Crippen LogP contribution in [0.1, 0.15) is 30.2 Å². The van der Waals surface area contributed by atoms with Crippen molar-refractivity contribution in [2.75, 3.05) is 6.54 Å². The molecule has 1 aromatic carbocycles. The van der Waals surface area contributed by atoms with Crippen LogP contribution in [0.3, 0.4) is 0 Å². The molecule has 1 aromatic heterocycles. The number of rotatable bonds is 4. The van der Waals surface area contributed by atoms with Gasteiger partial charge in [0.05, 0.1) is 0 Å². The number of nitrogens with two attached hydrogens (primary N) is 1. The van der Waals surface area contributed by atoms with E-state index in [1.54, 1.807) is 11.3 Å². The largest absolute Gasteiger partial charge is 0.330 e. The lowest BCUT2D eigenvalue weighted by Crippen LogP contribution is -2.00. The molecule has 0 fully saturated rings. The summed E-state index contributed by atoms with van der Waals surface area (Å²) in [5, 5.41) is 1.09. The van der Waals surface area contributed by atoms with Gasteiger partial charge in [0.25, 0.3) is 0 Å². The molecule has 0 amide bonds. The topological polar surface area (TPSA) is 38.9 Å². The quantitative estimate of drug-likeness (QED) is 0.897. The van der Waals surface area contributed by atoms with E-state index in [9.17, 15) is 0 Å². The molecule has 3 heteroatoms. The van der Waals surface area contributed by atoms with E-state index in [2.05, 4.69) is 43.1 Å². The summed E-state index contributed by atoms with van der Waals surface area (Å²) in [7, 11) is 0. The molecule has 0 saturated heterocycles. The van der Waals surface area contributed by atoms with Gasteiger partial charge >= 0.3 is 0 Å². The SMILES string of the molecule is CC(C)c1ccc(-c2ncc(CCN)s2)cc1. The number of benzene rings is 1. The Bertz CT molecular complexity index is 471. The Labute approximate surface area is 107 Å². The van der Waals surface area contributed by atoms with Crippen LogP contribution >= 0.6 is 11.3 Å². The smallest absolute Gasteiger partial charge is 0.123 e. The minimum absolute atomic E-state index is 0.577. The Morgan fingerprint density at radius 1 is 1.24 bits per heavy atom. The summed E-state index contributed by atoms with van der Waals surface area (Å²) in [6.45, 7) is 5.10. The number of thiazole rings is 1. The highest BCUT2D eigenvalue weighted by Gasteiger charge is 2.05. The molecule has 90 valence electrons. The molecule has 1 heterocycles.